The van der Waals surface area contributed by atoms with Gasteiger partial charge in [0.15, 0.2) is 0 Å². The molecule has 99 valence electrons. The molecular formula is C19H19Si. The van der Waals surface area contributed by atoms with Crippen LogP contribution in [0.15, 0.2) is 84.5 Å². The van der Waals surface area contributed by atoms with Crippen molar-refractivity contribution in [3.63, 3.8) is 0 Å². The van der Waals surface area contributed by atoms with Crippen molar-refractivity contribution in [1.82, 2.24) is 0 Å². The molecule has 2 aromatic carbocycles. The van der Waals surface area contributed by atoms with Crippen LogP contribution >= 0.6 is 0 Å². The Hall–Kier alpha value is -1.86. The van der Waals surface area contributed by atoms with Gasteiger partial charge in [-0.15, -0.1) is 0 Å². The highest BCUT2D eigenvalue weighted by atomic mass is 28.3. The molecule has 0 aliphatic heterocycles. The summed E-state index contributed by atoms with van der Waals surface area (Å²) in [5, 5.41) is 2.94. The zero-order valence-electron chi connectivity index (χ0n) is 12.0. The summed E-state index contributed by atoms with van der Waals surface area (Å²) in [7, 11) is -1.86. The summed E-state index contributed by atoms with van der Waals surface area (Å²) in [6.07, 6.45) is 6.89. The van der Waals surface area contributed by atoms with Gasteiger partial charge >= 0.3 is 0 Å². The number of allylic oxidation sites excluding steroid dienone is 4. The zero-order chi connectivity index (χ0) is 14.0. The van der Waals surface area contributed by atoms with Gasteiger partial charge in [0.05, 0.1) is 0 Å². The first kappa shape index (κ1) is 13.1. The van der Waals surface area contributed by atoms with Gasteiger partial charge in [0, 0.05) is 5.54 Å². The van der Waals surface area contributed by atoms with E-state index in [9.17, 15) is 0 Å². The molecule has 1 heteroatoms. The Labute approximate surface area is 122 Å². The van der Waals surface area contributed by atoms with E-state index in [1.165, 1.54) is 21.5 Å². The Balaban J connectivity index is 2.16. The molecule has 0 unspecified atom stereocenters. The molecule has 0 aromatic heterocycles. The van der Waals surface area contributed by atoms with Crippen molar-refractivity contribution in [1.29, 1.82) is 0 Å². The van der Waals surface area contributed by atoms with Gasteiger partial charge in [0.25, 0.3) is 0 Å². The minimum absolute atomic E-state index is 1.35. The van der Waals surface area contributed by atoms with E-state index in [4.69, 9.17) is 0 Å². The second-order valence-electron chi connectivity index (χ2n) is 5.53. The van der Waals surface area contributed by atoms with Crippen LogP contribution in [0.25, 0.3) is 0 Å². The fourth-order valence-electron chi connectivity index (χ4n) is 2.92. The van der Waals surface area contributed by atoms with Crippen molar-refractivity contribution in [2.75, 3.05) is 0 Å². The Morgan fingerprint density at radius 3 is 1.60 bits per heavy atom. The summed E-state index contributed by atoms with van der Waals surface area (Å²) in [5.41, 5.74) is 2.85. The van der Waals surface area contributed by atoms with Crippen molar-refractivity contribution < 1.29 is 0 Å². The minimum Gasteiger partial charge on any atom is -0.0754 e. The molecule has 1 aliphatic rings. The fraction of sp³-hybridized carbons (Fsp3) is 0.105. The molecule has 0 atom stereocenters. The molecule has 20 heavy (non-hydrogen) atoms. The maximum atomic E-state index is 2.45. The summed E-state index contributed by atoms with van der Waals surface area (Å²) in [5.74, 6) is 0. The second-order valence-corrected chi connectivity index (χ2v) is 9.52. The Kier molecular flexibility index (Phi) is 3.45. The first-order chi connectivity index (χ1) is 9.71. The highest BCUT2D eigenvalue weighted by Crippen LogP contribution is 2.27. The van der Waals surface area contributed by atoms with Gasteiger partial charge in [0.1, 0.15) is 8.07 Å². The van der Waals surface area contributed by atoms with E-state index in [0.29, 0.717) is 0 Å². The van der Waals surface area contributed by atoms with Gasteiger partial charge in [-0.25, -0.2) is 0 Å². The van der Waals surface area contributed by atoms with Crippen molar-refractivity contribution in [3.05, 3.63) is 90.0 Å². The predicted octanol–water partition coefficient (Wildman–Crippen LogP) is 3.51. The van der Waals surface area contributed by atoms with Crippen LogP contribution in [0, 0.1) is 5.54 Å². The number of hydrogen-bond acceptors (Lipinski definition) is 0. The number of benzene rings is 2. The molecule has 0 heterocycles. The van der Waals surface area contributed by atoms with Gasteiger partial charge in [-0.1, -0.05) is 101 Å². The van der Waals surface area contributed by atoms with Crippen LogP contribution < -0.4 is 10.4 Å². The van der Waals surface area contributed by atoms with E-state index >= 15 is 0 Å². The van der Waals surface area contributed by atoms with Crippen LogP contribution in [0.1, 0.15) is 6.92 Å². The SMILES string of the molecule is CC1=C[C]([Si](C)(c2ccccc2)c2ccccc2)C=C1. The third kappa shape index (κ3) is 2.18. The first-order valence-electron chi connectivity index (χ1n) is 7.06. The second kappa shape index (κ2) is 5.26. The molecule has 0 fully saturated rings. The third-order valence-electron chi connectivity index (χ3n) is 4.19. The lowest BCUT2D eigenvalue weighted by Gasteiger charge is -2.32. The van der Waals surface area contributed by atoms with Crippen LogP contribution in [0.2, 0.25) is 6.55 Å². The van der Waals surface area contributed by atoms with Gasteiger partial charge < -0.3 is 0 Å². The van der Waals surface area contributed by atoms with E-state index in [1.54, 1.807) is 0 Å². The third-order valence-corrected chi connectivity index (χ3v) is 8.63. The molecule has 1 radical (unpaired) electrons. The average Bonchev–Trinajstić information content (AvgIpc) is 2.95. The molecular weight excluding hydrogens is 256 g/mol. The molecule has 0 bridgehead atoms. The van der Waals surface area contributed by atoms with E-state index in [0.717, 1.165) is 0 Å². The normalized spacial score (nSPS) is 15.4. The summed E-state index contributed by atoms with van der Waals surface area (Å²) < 4.78 is 0. The lowest BCUT2D eigenvalue weighted by Crippen LogP contribution is -2.59. The standard InChI is InChI=1S/C19H19Si/c1-16-13-14-19(15-16)20(2,17-9-5-3-6-10-17)18-11-7-4-8-12-18/h3-15H,1-2H3. The van der Waals surface area contributed by atoms with Crippen LogP contribution in [-0.2, 0) is 0 Å². The zero-order valence-corrected chi connectivity index (χ0v) is 13.0. The lowest BCUT2D eigenvalue weighted by atomic mass is 10.3. The maximum Gasteiger partial charge on any atom is 0.129 e. The Bertz CT molecular complexity index is 598. The fourth-order valence-corrected chi connectivity index (χ4v) is 6.57. The highest BCUT2D eigenvalue weighted by molar-refractivity contribution is 7.06. The molecule has 0 nitrogen and oxygen atoms in total. The topological polar surface area (TPSA) is 0 Å². The molecule has 0 amide bonds. The highest BCUT2D eigenvalue weighted by Gasteiger charge is 2.39. The van der Waals surface area contributed by atoms with Gasteiger partial charge in [-0.05, 0) is 6.92 Å². The van der Waals surface area contributed by atoms with Crippen LogP contribution in [0.5, 0.6) is 0 Å². The lowest BCUT2D eigenvalue weighted by molar-refractivity contribution is 1.52. The van der Waals surface area contributed by atoms with E-state index in [-0.39, 0.29) is 0 Å². The molecule has 0 saturated heterocycles. The largest absolute Gasteiger partial charge is 0.129 e. The monoisotopic (exact) mass is 275 g/mol. The first-order valence-corrected chi connectivity index (χ1v) is 9.56. The summed E-state index contributed by atoms with van der Waals surface area (Å²) >= 11 is 0. The van der Waals surface area contributed by atoms with Crippen molar-refractivity contribution >= 4 is 18.4 Å². The molecule has 2 aromatic rings. The van der Waals surface area contributed by atoms with Gasteiger partial charge in [0.2, 0.25) is 0 Å². The molecule has 0 spiro atoms. The van der Waals surface area contributed by atoms with Crippen molar-refractivity contribution in [3.8, 4) is 0 Å². The smallest absolute Gasteiger partial charge is 0.0754 e. The Morgan fingerprint density at radius 1 is 0.700 bits per heavy atom. The predicted molar refractivity (Wildman–Crippen MR) is 89.9 cm³/mol. The molecule has 0 saturated carbocycles. The number of rotatable bonds is 3. The van der Waals surface area contributed by atoms with Crippen LogP contribution in [0.4, 0.5) is 0 Å². The van der Waals surface area contributed by atoms with E-state index in [1.807, 2.05) is 0 Å². The minimum atomic E-state index is -1.86. The van der Waals surface area contributed by atoms with Gasteiger partial charge in [-0.2, -0.15) is 0 Å². The summed E-state index contributed by atoms with van der Waals surface area (Å²) in [6.45, 7) is 4.63. The molecule has 0 N–H and O–H groups in total. The van der Waals surface area contributed by atoms with Gasteiger partial charge in [-0.3, -0.25) is 0 Å². The van der Waals surface area contributed by atoms with Crippen molar-refractivity contribution in [2.45, 2.75) is 13.5 Å². The summed E-state index contributed by atoms with van der Waals surface area (Å²) in [6, 6.07) is 21.9. The maximum absolute atomic E-state index is 2.45. The molecule has 1 aliphatic carbocycles. The Morgan fingerprint density at radius 2 is 1.20 bits per heavy atom. The van der Waals surface area contributed by atoms with Crippen molar-refractivity contribution in [2.24, 2.45) is 0 Å². The quantitative estimate of drug-likeness (QED) is 0.752. The van der Waals surface area contributed by atoms with E-state index < -0.39 is 8.07 Å². The molecule has 3 rings (SSSR count). The average molecular weight is 275 g/mol. The summed E-state index contributed by atoms with van der Waals surface area (Å²) in [4.78, 5) is 0. The van der Waals surface area contributed by atoms with Crippen LogP contribution in [-0.4, -0.2) is 8.07 Å². The van der Waals surface area contributed by atoms with Crippen LogP contribution in [0.3, 0.4) is 0 Å². The number of hydrogen-bond donors (Lipinski definition) is 0. The van der Waals surface area contributed by atoms with E-state index in [2.05, 4.69) is 92.4 Å².